The van der Waals surface area contributed by atoms with E-state index in [9.17, 15) is 5.11 Å². The first kappa shape index (κ1) is 10.8. The molecule has 0 heterocycles. The number of nitriles is 1. The Bertz CT molecular complexity index is 384. The lowest BCUT2D eigenvalue weighted by Gasteiger charge is -2.13. The Hall–Kier alpha value is -1.24. The number of phenols is 1. The van der Waals surface area contributed by atoms with Crippen molar-refractivity contribution in [3.8, 4) is 11.8 Å². The molecule has 1 aromatic carbocycles. The van der Waals surface area contributed by atoms with Gasteiger partial charge in [-0.2, -0.15) is 5.26 Å². The lowest BCUT2D eigenvalue weighted by atomic mass is 10.0. The van der Waals surface area contributed by atoms with E-state index in [2.05, 4.69) is 0 Å². The van der Waals surface area contributed by atoms with Gasteiger partial charge in [-0.3, -0.25) is 0 Å². The Labute approximate surface area is 87.7 Å². The van der Waals surface area contributed by atoms with Gasteiger partial charge in [0.2, 0.25) is 0 Å². The Balaban J connectivity index is 3.19. The van der Waals surface area contributed by atoms with Crippen LogP contribution in [0, 0.1) is 18.3 Å². The fourth-order valence-electron chi connectivity index (χ4n) is 1.25. The molecular formula is C10H11ClN2O. The molecule has 0 aliphatic rings. The van der Waals surface area contributed by atoms with E-state index in [4.69, 9.17) is 22.6 Å². The van der Waals surface area contributed by atoms with Gasteiger partial charge in [0.25, 0.3) is 0 Å². The maximum atomic E-state index is 9.70. The van der Waals surface area contributed by atoms with Crippen LogP contribution in [0.15, 0.2) is 12.1 Å². The van der Waals surface area contributed by atoms with Gasteiger partial charge in [0.15, 0.2) is 0 Å². The van der Waals surface area contributed by atoms with Crippen molar-refractivity contribution >= 4 is 11.6 Å². The highest BCUT2D eigenvalue weighted by molar-refractivity contribution is 6.31. The van der Waals surface area contributed by atoms with Crippen molar-refractivity contribution in [2.24, 2.45) is 5.73 Å². The van der Waals surface area contributed by atoms with Crippen molar-refractivity contribution < 1.29 is 5.11 Å². The van der Waals surface area contributed by atoms with Crippen molar-refractivity contribution in [1.82, 2.24) is 0 Å². The van der Waals surface area contributed by atoms with Crippen LogP contribution in [-0.2, 0) is 0 Å². The van der Waals surface area contributed by atoms with Crippen molar-refractivity contribution in [3.63, 3.8) is 0 Å². The molecule has 0 fully saturated rings. The highest BCUT2D eigenvalue weighted by atomic mass is 35.5. The number of rotatable bonds is 2. The number of phenolic OH excluding ortho intramolecular Hbond substituents is 1. The second-order valence-corrected chi connectivity index (χ2v) is 3.50. The summed E-state index contributed by atoms with van der Waals surface area (Å²) in [4.78, 5) is 0. The molecule has 14 heavy (non-hydrogen) atoms. The monoisotopic (exact) mass is 210 g/mol. The predicted octanol–water partition coefficient (Wildman–Crippen LogP) is 2.27. The molecule has 0 saturated heterocycles. The number of halogens is 1. The molecule has 0 aliphatic heterocycles. The molecule has 0 spiro atoms. The lowest BCUT2D eigenvalue weighted by molar-refractivity contribution is 0.458. The molecule has 0 saturated carbocycles. The highest BCUT2D eigenvalue weighted by Crippen LogP contribution is 2.34. The summed E-state index contributed by atoms with van der Waals surface area (Å²) < 4.78 is 0. The molecule has 3 N–H and O–H groups in total. The minimum Gasteiger partial charge on any atom is -0.507 e. The Morgan fingerprint density at radius 3 is 2.86 bits per heavy atom. The molecule has 0 radical (unpaired) electrons. The van der Waals surface area contributed by atoms with Crippen molar-refractivity contribution in [1.29, 1.82) is 5.26 Å². The number of aryl methyl sites for hydroxylation is 1. The van der Waals surface area contributed by atoms with Gasteiger partial charge in [-0.15, -0.1) is 0 Å². The zero-order chi connectivity index (χ0) is 10.7. The molecule has 0 bridgehead atoms. The third kappa shape index (κ3) is 1.98. The van der Waals surface area contributed by atoms with E-state index >= 15 is 0 Å². The summed E-state index contributed by atoms with van der Waals surface area (Å²) in [6.45, 7) is 1.76. The van der Waals surface area contributed by atoms with Gasteiger partial charge in [-0.05, 0) is 18.6 Å². The topological polar surface area (TPSA) is 70.0 Å². The molecule has 1 aromatic rings. The maximum Gasteiger partial charge on any atom is 0.124 e. The van der Waals surface area contributed by atoms with Gasteiger partial charge in [-0.25, -0.2) is 0 Å². The average Bonchev–Trinajstić information content (AvgIpc) is 2.13. The molecule has 4 heteroatoms. The van der Waals surface area contributed by atoms with Gasteiger partial charge in [0.1, 0.15) is 5.75 Å². The average molecular weight is 211 g/mol. The van der Waals surface area contributed by atoms with Gasteiger partial charge in [-0.1, -0.05) is 17.7 Å². The molecular weight excluding hydrogens is 200 g/mol. The number of nitrogens with zero attached hydrogens (tertiary/aromatic N) is 1. The normalized spacial score (nSPS) is 12.1. The van der Waals surface area contributed by atoms with Gasteiger partial charge < -0.3 is 10.8 Å². The van der Waals surface area contributed by atoms with Gasteiger partial charge in [0, 0.05) is 16.6 Å². The minimum atomic E-state index is -0.535. The van der Waals surface area contributed by atoms with E-state index < -0.39 is 6.04 Å². The molecule has 74 valence electrons. The SMILES string of the molecule is Cc1ccc(Cl)c([C@H](N)CC#N)c1O. The zero-order valence-corrected chi connectivity index (χ0v) is 8.54. The third-order valence-electron chi connectivity index (χ3n) is 2.05. The van der Waals surface area contributed by atoms with Gasteiger partial charge >= 0.3 is 0 Å². The van der Waals surface area contributed by atoms with E-state index in [1.54, 1.807) is 19.1 Å². The van der Waals surface area contributed by atoms with Crippen molar-refractivity contribution in [3.05, 3.63) is 28.3 Å². The quantitative estimate of drug-likeness (QED) is 0.787. The summed E-state index contributed by atoms with van der Waals surface area (Å²) in [5.41, 5.74) is 6.87. The zero-order valence-electron chi connectivity index (χ0n) is 7.79. The number of aromatic hydroxyl groups is 1. The van der Waals surface area contributed by atoms with Gasteiger partial charge in [0.05, 0.1) is 12.5 Å². The number of hydrogen-bond donors (Lipinski definition) is 2. The summed E-state index contributed by atoms with van der Waals surface area (Å²) in [6.07, 6.45) is 0.136. The highest BCUT2D eigenvalue weighted by Gasteiger charge is 2.16. The second kappa shape index (κ2) is 4.32. The van der Waals surface area contributed by atoms with E-state index in [1.807, 2.05) is 6.07 Å². The van der Waals surface area contributed by atoms with E-state index in [1.165, 1.54) is 0 Å². The predicted molar refractivity (Wildman–Crippen MR) is 55.0 cm³/mol. The van der Waals surface area contributed by atoms with Crippen LogP contribution < -0.4 is 5.73 Å². The summed E-state index contributed by atoms with van der Waals surface area (Å²) in [5, 5.41) is 18.6. The number of benzene rings is 1. The first-order valence-electron chi connectivity index (χ1n) is 4.18. The summed E-state index contributed by atoms with van der Waals surface area (Å²) in [6, 6.07) is 4.79. The Morgan fingerprint density at radius 2 is 2.29 bits per heavy atom. The largest absolute Gasteiger partial charge is 0.507 e. The Kier molecular flexibility index (Phi) is 3.34. The summed E-state index contributed by atoms with van der Waals surface area (Å²) in [5.74, 6) is 0.0836. The fourth-order valence-corrected chi connectivity index (χ4v) is 1.54. The van der Waals surface area contributed by atoms with Crippen LogP contribution in [0.4, 0.5) is 0 Å². The maximum absolute atomic E-state index is 9.70. The molecule has 0 unspecified atom stereocenters. The van der Waals surface area contributed by atoms with Crippen LogP contribution in [0.5, 0.6) is 5.75 Å². The first-order valence-corrected chi connectivity index (χ1v) is 4.56. The number of nitrogens with two attached hydrogens (primary N) is 1. The fraction of sp³-hybridized carbons (Fsp3) is 0.300. The molecule has 0 aliphatic carbocycles. The lowest BCUT2D eigenvalue weighted by Crippen LogP contribution is -2.10. The molecule has 0 aromatic heterocycles. The third-order valence-corrected chi connectivity index (χ3v) is 2.38. The first-order chi connectivity index (χ1) is 6.57. The standard InChI is InChI=1S/C10H11ClN2O/c1-6-2-3-7(11)9(10(6)14)8(13)4-5-12/h2-3,8,14H,4,13H2,1H3/t8-/m1/s1. The molecule has 1 rings (SSSR count). The van der Waals surface area contributed by atoms with Crippen molar-refractivity contribution in [2.75, 3.05) is 0 Å². The molecule has 1 atom stereocenters. The van der Waals surface area contributed by atoms with Crippen LogP contribution in [-0.4, -0.2) is 5.11 Å². The molecule has 3 nitrogen and oxygen atoms in total. The van der Waals surface area contributed by atoms with Crippen molar-refractivity contribution in [2.45, 2.75) is 19.4 Å². The van der Waals surface area contributed by atoms with E-state index in [0.717, 1.165) is 0 Å². The Morgan fingerprint density at radius 1 is 1.64 bits per heavy atom. The van der Waals surface area contributed by atoms with Crippen LogP contribution in [0.3, 0.4) is 0 Å². The van der Waals surface area contributed by atoms with Crippen LogP contribution in [0.1, 0.15) is 23.6 Å². The minimum absolute atomic E-state index is 0.0836. The van der Waals surface area contributed by atoms with Crippen LogP contribution in [0.2, 0.25) is 5.02 Å². The van der Waals surface area contributed by atoms with Crippen LogP contribution >= 0.6 is 11.6 Å². The summed E-state index contributed by atoms with van der Waals surface area (Å²) in [7, 11) is 0. The van der Waals surface area contributed by atoms with E-state index in [-0.39, 0.29) is 12.2 Å². The smallest absolute Gasteiger partial charge is 0.124 e. The summed E-state index contributed by atoms with van der Waals surface area (Å²) >= 11 is 5.88. The number of hydrogen-bond acceptors (Lipinski definition) is 3. The second-order valence-electron chi connectivity index (χ2n) is 3.10. The molecule has 0 amide bonds. The van der Waals surface area contributed by atoms with Crippen LogP contribution in [0.25, 0.3) is 0 Å². The van der Waals surface area contributed by atoms with E-state index in [0.29, 0.717) is 16.1 Å².